The van der Waals surface area contributed by atoms with E-state index in [2.05, 4.69) is 5.32 Å². The predicted octanol–water partition coefficient (Wildman–Crippen LogP) is 3.19. The molecule has 0 radical (unpaired) electrons. The number of carbonyl (C=O) groups is 4. The lowest BCUT2D eigenvalue weighted by atomic mass is 9.91. The van der Waals surface area contributed by atoms with Crippen molar-refractivity contribution in [3.63, 3.8) is 0 Å². The Kier molecular flexibility index (Phi) is 11.7. The minimum absolute atomic E-state index is 0.0129. The average molecular weight is 531 g/mol. The maximum atomic E-state index is 13.2. The highest BCUT2D eigenvalue weighted by Crippen LogP contribution is 2.26. The lowest BCUT2D eigenvalue weighted by molar-refractivity contribution is -0.120. The van der Waals surface area contributed by atoms with Gasteiger partial charge in [0.1, 0.15) is 6.10 Å². The van der Waals surface area contributed by atoms with Gasteiger partial charge in [-0.1, -0.05) is 31.2 Å². The molecule has 10 nitrogen and oxygen atoms in total. The number of amides is 2. The fraction of sp³-hybridized carbons (Fsp3) is 0.500. The van der Waals surface area contributed by atoms with Crippen molar-refractivity contribution in [1.29, 1.82) is 0 Å². The molecule has 1 heterocycles. The summed E-state index contributed by atoms with van der Waals surface area (Å²) in [5.74, 6) is -1.45. The van der Waals surface area contributed by atoms with E-state index >= 15 is 0 Å². The van der Waals surface area contributed by atoms with Crippen LogP contribution >= 0.6 is 0 Å². The van der Waals surface area contributed by atoms with Crippen molar-refractivity contribution >= 4 is 23.6 Å². The monoisotopic (exact) mass is 530 g/mol. The summed E-state index contributed by atoms with van der Waals surface area (Å²) in [6, 6.07) is 0. The van der Waals surface area contributed by atoms with E-state index in [0.717, 1.165) is 11.6 Å². The molecule has 4 atom stereocenters. The van der Waals surface area contributed by atoms with Crippen molar-refractivity contribution in [2.24, 2.45) is 11.7 Å². The third-order valence-electron chi connectivity index (χ3n) is 6.48. The van der Waals surface area contributed by atoms with Crippen molar-refractivity contribution < 1.29 is 38.1 Å². The Morgan fingerprint density at radius 1 is 1.11 bits per heavy atom. The van der Waals surface area contributed by atoms with Gasteiger partial charge in [0.2, 0.25) is 11.6 Å². The number of rotatable bonds is 4. The largest absolute Gasteiger partial charge is 0.492 e. The molecule has 10 heteroatoms. The van der Waals surface area contributed by atoms with Crippen LogP contribution in [0.3, 0.4) is 0 Å². The van der Waals surface area contributed by atoms with Gasteiger partial charge in [0, 0.05) is 31.4 Å². The summed E-state index contributed by atoms with van der Waals surface area (Å²) < 4.78 is 21.8. The van der Waals surface area contributed by atoms with Crippen LogP contribution in [0.1, 0.15) is 46.5 Å². The normalized spacial score (nSPS) is 29.8. The molecule has 0 aromatic rings. The highest BCUT2D eigenvalue weighted by molar-refractivity contribution is 6.23. The van der Waals surface area contributed by atoms with Crippen LogP contribution in [-0.2, 0) is 33.3 Å². The first kappa shape index (κ1) is 30.7. The fourth-order valence-corrected chi connectivity index (χ4v) is 4.54. The van der Waals surface area contributed by atoms with Gasteiger partial charge >= 0.3 is 6.09 Å². The van der Waals surface area contributed by atoms with E-state index in [1.807, 2.05) is 19.9 Å². The number of nitrogens with one attached hydrogen (secondary N) is 1. The lowest BCUT2D eigenvalue weighted by Crippen LogP contribution is -2.34. The molecule has 0 fully saturated rings. The Bertz CT molecular complexity index is 1080. The van der Waals surface area contributed by atoms with Gasteiger partial charge in [-0.2, -0.15) is 0 Å². The molecule has 38 heavy (non-hydrogen) atoms. The zero-order valence-electron chi connectivity index (χ0n) is 22.9. The third-order valence-corrected chi connectivity index (χ3v) is 6.48. The van der Waals surface area contributed by atoms with Crippen LogP contribution in [0, 0.1) is 5.92 Å². The minimum Gasteiger partial charge on any atom is -0.492 e. The van der Waals surface area contributed by atoms with Gasteiger partial charge in [-0.05, 0) is 51.0 Å². The van der Waals surface area contributed by atoms with Gasteiger partial charge in [-0.15, -0.1) is 0 Å². The van der Waals surface area contributed by atoms with E-state index in [1.165, 1.54) is 20.3 Å². The molecular weight excluding hydrogens is 492 g/mol. The summed E-state index contributed by atoms with van der Waals surface area (Å²) >= 11 is 0. The Morgan fingerprint density at radius 2 is 1.82 bits per heavy atom. The molecule has 2 aliphatic rings. The van der Waals surface area contributed by atoms with Crippen LogP contribution < -0.4 is 11.1 Å². The summed E-state index contributed by atoms with van der Waals surface area (Å²) in [7, 11) is 4.44. The number of allylic oxidation sites excluding steroid dienone is 5. The Balaban J connectivity index is 2.49. The molecule has 0 aromatic heterocycles. The second kappa shape index (κ2) is 14.4. The van der Waals surface area contributed by atoms with Crippen LogP contribution in [0.25, 0.3) is 0 Å². The first-order valence-corrected chi connectivity index (χ1v) is 12.5. The van der Waals surface area contributed by atoms with Crippen molar-refractivity contribution in [3.8, 4) is 0 Å². The number of hydrogen-bond acceptors (Lipinski definition) is 8. The number of carbonyl (C=O) groups excluding carboxylic acids is 4. The quantitative estimate of drug-likeness (QED) is 0.417. The van der Waals surface area contributed by atoms with Gasteiger partial charge < -0.3 is 30.0 Å². The first-order valence-electron chi connectivity index (χ1n) is 12.5. The zero-order chi connectivity index (χ0) is 28.4. The maximum Gasteiger partial charge on any atom is 0.405 e. The number of primary amides is 1. The minimum atomic E-state index is -0.937. The van der Waals surface area contributed by atoms with Crippen LogP contribution in [0.4, 0.5) is 4.79 Å². The van der Waals surface area contributed by atoms with E-state index in [9.17, 15) is 19.2 Å². The molecule has 0 saturated carbocycles. The molecule has 3 unspecified atom stereocenters. The second-order valence-electron chi connectivity index (χ2n) is 9.38. The van der Waals surface area contributed by atoms with E-state index in [0.29, 0.717) is 19.3 Å². The highest BCUT2D eigenvalue weighted by Gasteiger charge is 2.31. The van der Waals surface area contributed by atoms with Crippen molar-refractivity contribution in [1.82, 2.24) is 5.32 Å². The molecule has 1 aliphatic carbocycles. The average Bonchev–Trinajstić information content (AvgIpc) is 2.86. The maximum absolute atomic E-state index is 13.2. The van der Waals surface area contributed by atoms with E-state index in [4.69, 9.17) is 24.7 Å². The van der Waals surface area contributed by atoms with Gasteiger partial charge in [0.15, 0.2) is 11.9 Å². The lowest BCUT2D eigenvalue weighted by Gasteiger charge is -2.25. The number of nitrogens with two attached hydrogens (primary N) is 1. The number of hydrogen-bond donors (Lipinski definition) is 2. The summed E-state index contributed by atoms with van der Waals surface area (Å²) in [6.07, 6.45) is 7.39. The molecule has 0 saturated heterocycles. The Labute approximate surface area is 223 Å². The molecule has 2 amide bonds. The molecule has 0 aromatic carbocycles. The summed E-state index contributed by atoms with van der Waals surface area (Å²) in [4.78, 5) is 50.2. The number of ether oxygens (including phenoxy) is 4. The van der Waals surface area contributed by atoms with Crippen molar-refractivity contribution in [3.05, 3.63) is 58.6 Å². The Morgan fingerprint density at radius 3 is 2.42 bits per heavy atom. The summed E-state index contributed by atoms with van der Waals surface area (Å²) in [5, 5.41) is 2.54. The molecule has 2 bridgehead atoms. The zero-order valence-corrected chi connectivity index (χ0v) is 22.9. The van der Waals surface area contributed by atoms with Gasteiger partial charge in [0.25, 0.3) is 5.91 Å². The predicted molar refractivity (Wildman–Crippen MR) is 141 cm³/mol. The van der Waals surface area contributed by atoms with E-state index in [-0.39, 0.29) is 41.0 Å². The fourth-order valence-electron chi connectivity index (χ4n) is 4.54. The number of Topliss-reactive ketones (excluding diaryl/α,β-unsaturated/α-hetero) is 1. The van der Waals surface area contributed by atoms with Crippen molar-refractivity contribution in [2.75, 3.05) is 21.3 Å². The van der Waals surface area contributed by atoms with Crippen LogP contribution in [0.5, 0.6) is 0 Å². The number of fused-ring (bicyclic) bond motifs is 2. The molecule has 208 valence electrons. The first-order chi connectivity index (χ1) is 18.0. The number of methoxy groups -OCH3 is 3. The molecule has 0 spiro atoms. The van der Waals surface area contributed by atoms with Gasteiger partial charge in [-0.25, -0.2) is 4.79 Å². The smallest absolute Gasteiger partial charge is 0.405 e. The number of ketones is 2. The molecular formula is C28H38N2O8. The second-order valence-corrected chi connectivity index (χ2v) is 9.38. The molecule has 2 rings (SSSR count). The highest BCUT2D eigenvalue weighted by atomic mass is 16.6. The van der Waals surface area contributed by atoms with Gasteiger partial charge in [0.05, 0.1) is 18.9 Å². The van der Waals surface area contributed by atoms with E-state index in [1.54, 1.807) is 26.2 Å². The molecule has 1 aliphatic heterocycles. The van der Waals surface area contributed by atoms with Crippen LogP contribution in [0.15, 0.2) is 58.6 Å². The third kappa shape index (κ3) is 8.26. The SMILES string of the molecule is COC1=C2CCCC(OC)C[C@@H](C)/C=C(\C)C(OC(N)=O)C(OC)/C=C\C=C(/C)C(=O)NC(=CC1=O)C2=O. The summed E-state index contributed by atoms with van der Waals surface area (Å²) in [5.41, 5.74) is 6.47. The summed E-state index contributed by atoms with van der Waals surface area (Å²) in [6.45, 7) is 5.41. The topological polar surface area (TPSA) is 143 Å². The van der Waals surface area contributed by atoms with Crippen LogP contribution in [0.2, 0.25) is 0 Å². The Hall–Kier alpha value is -3.50. The van der Waals surface area contributed by atoms with Crippen molar-refractivity contribution in [2.45, 2.75) is 64.8 Å². The van der Waals surface area contributed by atoms with Gasteiger partial charge in [-0.3, -0.25) is 14.4 Å². The van der Waals surface area contributed by atoms with E-state index < -0.39 is 35.8 Å². The molecule has 3 N–H and O–H groups in total. The standard InChI is InChI=1S/C28H38N2O8/c1-16-13-18(3)25(38-28(29)34)23(36-5)12-7-9-17(2)27(33)30-21-15-22(31)26(37-6)20(24(21)32)11-8-10-19(14-16)35-4/h7,9,12-13,15-16,19,23,25H,8,10-11,14H2,1-6H3,(H2,29,34)(H,30,33)/b12-7-,17-9+,18-13+/t16-,19?,23?,25?/m0/s1. The van der Waals surface area contributed by atoms with Crippen LogP contribution in [-0.4, -0.2) is 63.2 Å².